The molecule has 2 nitrogen and oxygen atoms in total. The maximum Gasteiger partial charge on any atom is 0.142 e. The Labute approximate surface area is 129 Å². The molecule has 3 unspecified atom stereocenters. The number of ether oxygens (including phenoxy) is 1. The molecule has 0 bridgehead atoms. The monoisotopic (exact) mass is 343 g/mol. The molecule has 1 fully saturated rings. The molecule has 0 heterocycles. The molecule has 0 spiro atoms. The van der Waals surface area contributed by atoms with Crippen LogP contribution in [-0.4, -0.2) is 19.8 Å². The summed E-state index contributed by atoms with van der Waals surface area (Å²) < 4.78 is 20.9. The Morgan fingerprint density at radius 3 is 2.85 bits per heavy atom. The van der Waals surface area contributed by atoms with Crippen LogP contribution in [-0.2, 0) is 4.74 Å². The van der Waals surface area contributed by atoms with Crippen LogP contribution in [0.5, 0.6) is 0 Å². The molecule has 0 radical (unpaired) electrons. The van der Waals surface area contributed by atoms with Gasteiger partial charge in [0.15, 0.2) is 0 Å². The third-order valence-electron chi connectivity index (χ3n) is 4.50. The molecule has 2 rings (SSSR count). The molecule has 4 heteroatoms. The van der Waals surface area contributed by atoms with Crippen molar-refractivity contribution in [3.63, 3.8) is 0 Å². The van der Waals surface area contributed by atoms with E-state index in [1.807, 2.05) is 19.2 Å². The first-order valence-electron chi connectivity index (χ1n) is 7.20. The molecule has 1 aliphatic carbocycles. The predicted octanol–water partition coefficient (Wildman–Crippen LogP) is 4.44. The van der Waals surface area contributed by atoms with Gasteiger partial charge in [-0.05, 0) is 47.8 Å². The van der Waals surface area contributed by atoms with Gasteiger partial charge in [0.05, 0.1) is 16.1 Å². The van der Waals surface area contributed by atoms with Gasteiger partial charge in [0.2, 0.25) is 0 Å². The number of likely N-dealkylation sites (N-methyl/N-ethyl adjacent to an activating group) is 1. The van der Waals surface area contributed by atoms with E-state index in [9.17, 15) is 4.39 Å². The maximum absolute atomic E-state index is 14.5. The summed E-state index contributed by atoms with van der Waals surface area (Å²) in [5, 5.41) is 3.28. The Bertz CT molecular complexity index is 468. The summed E-state index contributed by atoms with van der Waals surface area (Å²) in [5.41, 5.74) is 0.353. The average molecular weight is 344 g/mol. The van der Waals surface area contributed by atoms with E-state index in [1.54, 1.807) is 13.2 Å². The zero-order valence-corrected chi connectivity index (χ0v) is 14.0. The lowest BCUT2D eigenvalue weighted by Crippen LogP contribution is -2.47. The molecular formula is C16H23BrFNO. The Balaban J connectivity index is 2.41. The summed E-state index contributed by atoms with van der Waals surface area (Å²) in [7, 11) is 3.63. The predicted molar refractivity (Wildman–Crippen MR) is 83.3 cm³/mol. The molecule has 0 aromatic heterocycles. The van der Waals surface area contributed by atoms with E-state index in [2.05, 4.69) is 28.2 Å². The van der Waals surface area contributed by atoms with E-state index >= 15 is 0 Å². The molecule has 0 aliphatic heterocycles. The number of rotatable bonds is 4. The summed E-state index contributed by atoms with van der Waals surface area (Å²) in [6, 6.07) is 5.32. The summed E-state index contributed by atoms with van der Waals surface area (Å²) >= 11 is 3.28. The minimum atomic E-state index is -0.325. The molecule has 112 valence electrons. The number of halogens is 2. The van der Waals surface area contributed by atoms with Gasteiger partial charge in [0, 0.05) is 12.7 Å². The average Bonchev–Trinajstić information content (AvgIpc) is 2.44. The van der Waals surface area contributed by atoms with Crippen molar-refractivity contribution in [1.29, 1.82) is 0 Å². The van der Waals surface area contributed by atoms with Crippen molar-refractivity contribution in [2.75, 3.05) is 14.2 Å². The quantitative estimate of drug-likeness (QED) is 0.872. The van der Waals surface area contributed by atoms with Gasteiger partial charge in [-0.2, -0.15) is 0 Å². The van der Waals surface area contributed by atoms with E-state index in [0.29, 0.717) is 16.0 Å². The van der Waals surface area contributed by atoms with E-state index < -0.39 is 0 Å². The van der Waals surface area contributed by atoms with Crippen molar-refractivity contribution in [2.45, 2.75) is 44.2 Å². The van der Waals surface area contributed by atoms with Crippen molar-refractivity contribution < 1.29 is 9.13 Å². The lowest BCUT2D eigenvalue weighted by molar-refractivity contribution is -0.0797. The first kappa shape index (κ1) is 15.9. The molecule has 1 aromatic rings. The maximum atomic E-state index is 14.5. The summed E-state index contributed by atoms with van der Waals surface area (Å²) in [5.74, 6) is 0.413. The number of methoxy groups -OCH3 is 1. The van der Waals surface area contributed by atoms with Crippen LogP contribution in [0.25, 0.3) is 0 Å². The zero-order chi connectivity index (χ0) is 14.8. The highest BCUT2D eigenvalue weighted by atomic mass is 79.9. The van der Waals surface area contributed by atoms with Crippen LogP contribution in [0.15, 0.2) is 22.7 Å². The number of hydrogen-bond acceptors (Lipinski definition) is 2. The molecular weight excluding hydrogens is 321 g/mol. The SMILES string of the molecule is CNC(c1cccc(Br)c1F)C1(OC)CCCC(C)C1. The summed E-state index contributed by atoms with van der Waals surface area (Å²) in [4.78, 5) is 0. The standard InChI is InChI=1S/C16H23BrFNO/c1-11-6-5-9-16(10-11,20-3)15(19-2)12-7-4-8-13(17)14(12)18/h4,7-8,11,15,19H,5-6,9-10H2,1-3H3. The molecule has 20 heavy (non-hydrogen) atoms. The van der Waals surface area contributed by atoms with Crippen molar-refractivity contribution in [1.82, 2.24) is 5.32 Å². The molecule has 1 saturated carbocycles. The van der Waals surface area contributed by atoms with E-state index in [0.717, 1.165) is 19.3 Å². The van der Waals surface area contributed by atoms with Crippen LogP contribution in [0.2, 0.25) is 0 Å². The highest BCUT2D eigenvalue weighted by Gasteiger charge is 2.43. The first-order valence-corrected chi connectivity index (χ1v) is 7.99. The highest BCUT2D eigenvalue weighted by molar-refractivity contribution is 9.10. The number of hydrogen-bond donors (Lipinski definition) is 1. The molecule has 1 aliphatic rings. The van der Waals surface area contributed by atoms with Gasteiger partial charge >= 0.3 is 0 Å². The Morgan fingerprint density at radius 2 is 2.25 bits per heavy atom. The second kappa shape index (κ2) is 6.54. The minimum Gasteiger partial charge on any atom is -0.376 e. The minimum absolute atomic E-state index is 0.132. The van der Waals surface area contributed by atoms with Crippen LogP contribution in [0.1, 0.15) is 44.2 Å². The van der Waals surface area contributed by atoms with Crippen molar-refractivity contribution in [2.24, 2.45) is 5.92 Å². The highest BCUT2D eigenvalue weighted by Crippen LogP contribution is 2.44. The molecule has 1 aromatic carbocycles. The Kier molecular flexibility index (Phi) is 5.21. The molecule has 0 saturated heterocycles. The summed E-state index contributed by atoms with van der Waals surface area (Å²) in [6.07, 6.45) is 4.28. The normalized spacial score (nSPS) is 28.4. The third kappa shape index (κ3) is 2.92. The van der Waals surface area contributed by atoms with Crippen LogP contribution in [0.3, 0.4) is 0 Å². The Morgan fingerprint density at radius 1 is 1.50 bits per heavy atom. The van der Waals surface area contributed by atoms with Gasteiger partial charge in [-0.1, -0.05) is 31.9 Å². The van der Waals surface area contributed by atoms with Crippen molar-refractivity contribution >= 4 is 15.9 Å². The number of nitrogens with one attached hydrogen (secondary N) is 1. The van der Waals surface area contributed by atoms with E-state index in [1.165, 1.54) is 6.42 Å². The topological polar surface area (TPSA) is 21.3 Å². The van der Waals surface area contributed by atoms with Gasteiger partial charge in [0.25, 0.3) is 0 Å². The Hall–Kier alpha value is -0.450. The van der Waals surface area contributed by atoms with Crippen molar-refractivity contribution in [3.05, 3.63) is 34.1 Å². The summed E-state index contributed by atoms with van der Waals surface area (Å²) in [6.45, 7) is 2.25. The van der Waals surface area contributed by atoms with E-state index in [4.69, 9.17) is 4.74 Å². The molecule has 1 N–H and O–H groups in total. The lowest BCUT2D eigenvalue weighted by Gasteiger charge is -2.44. The number of benzene rings is 1. The van der Waals surface area contributed by atoms with Gasteiger partial charge < -0.3 is 10.1 Å². The zero-order valence-electron chi connectivity index (χ0n) is 12.4. The fraction of sp³-hybridized carbons (Fsp3) is 0.625. The molecule has 0 amide bonds. The van der Waals surface area contributed by atoms with Crippen molar-refractivity contribution in [3.8, 4) is 0 Å². The fourth-order valence-corrected chi connectivity index (χ4v) is 3.94. The smallest absolute Gasteiger partial charge is 0.142 e. The van der Waals surface area contributed by atoms with Gasteiger partial charge in [-0.25, -0.2) is 4.39 Å². The first-order chi connectivity index (χ1) is 9.54. The second-order valence-electron chi connectivity index (χ2n) is 5.84. The van der Waals surface area contributed by atoms with Crippen LogP contribution in [0.4, 0.5) is 4.39 Å². The molecule has 3 atom stereocenters. The third-order valence-corrected chi connectivity index (χ3v) is 5.12. The van der Waals surface area contributed by atoms with Gasteiger partial charge in [-0.15, -0.1) is 0 Å². The second-order valence-corrected chi connectivity index (χ2v) is 6.69. The fourth-order valence-electron chi connectivity index (χ4n) is 3.55. The van der Waals surface area contributed by atoms with E-state index in [-0.39, 0.29) is 17.5 Å². The van der Waals surface area contributed by atoms with Crippen LogP contribution < -0.4 is 5.32 Å². The van der Waals surface area contributed by atoms with Crippen LogP contribution in [0, 0.1) is 11.7 Å². The van der Waals surface area contributed by atoms with Crippen LogP contribution >= 0.6 is 15.9 Å². The van der Waals surface area contributed by atoms with Gasteiger partial charge in [-0.3, -0.25) is 0 Å². The van der Waals surface area contributed by atoms with Gasteiger partial charge in [0.1, 0.15) is 5.82 Å². The largest absolute Gasteiger partial charge is 0.376 e. The lowest BCUT2D eigenvalue weighted by atomic mass is 9.72.